The lowest BCUT2D eigenvalue weighted by atomic mass is 10.4. The number of nitrogens with one attached hydrogen (secondary N) is 1. The maximum absolute atomic E-state index is 8.92. The number of nitrogens with zero attached hydrogens (tertiary/aromatic N) is 2. The second kappa shape index (κ2) is 4.03. The second-order valence-corrected chi connectivity index (χ2v) is 2.36. The van der Waals surface area contributed by atoms with Crippen molar-refractivity contribution in [3.63, 3.8) is 0 Å². The minimum absolute atomic E-state index is 0.193. The molecule has 0 bridgehead atoms. The van der Waals surface area contributed by atoms with Crippen molar-refractivity contribution in [1.82, 2.24) is 10.1 Å². The van der Waals surface area contributed by atoms with Crippen molar-refractivity contribution < 1.29 is 14.7 Å². The molecular formula is C6H11N3O3. The number of hydrogen-bond acceptors (Lipinski definition) is 6. The van der Waals surface area contributed by atoms with Crippen LogP contribution in [0.5, 0.6) is 0 Å². The van der Waals surface area contributed by atoms with Crippen LogP contribution >= 0.6 is 0 Å². The van der Waals surface area contributed by atoms with Gasteiger partial charge in [0, 0.05) is 6.54 Å². The molecule has 1 heterocycles. The summed E-state index contributed by atoms with van der Waals surface area (Å²) in [6, 6.07) is 0.250. The van der Waals surface area contributed by atoms with E-state index in [4.69, 9.17) is 14.7 Å². The van der Waals surface area contributed by atoms with Gasteiger partial charge in [0.2, 0.25) is 0 Å². The molecule has 6 heteroatoms. The number of rotatable bonds is 4. The molecule has 0 amide bonds. The van der Waals surface area contributed by atoms with Crippen LogP contribution in [0.4, 0.5) is 6.01 Å². The molecule has 1 aromatic rings. The maximum atomic E-state index is 8.92. The van der Waals surface area contributed by atoms with E-state index in [2.05, 4.69) is 15.5 Å². The molecular weight excluding hydrogens is 162 g/mol. The first-order valence-corrected chi connectivity index (χ1v) is 3.55. The highest BCUT2D eigenvalue weighted by Crippen LogP contribution is 2.01. The highest BCUT2D eigenvalue weighted by Gasteiger charge is 2.04. The Balaban J connectivity index is 2.33. The first kappa shape index (κ1) is 8.95. The summed E-state index contributed by atoms with van der Waals surface area (Å²) in [4.78, 5) is 3.84. The number of hydrogen-bond donors (Lipinski definition) is 3. The third kappa shape index (κ3) is 2.48. The summed E-state index contributed by atoms with van der Waals surface area (Å²) in [5.74, 6) is 0.524. The van der Waals surface area contributed by atoms with Gasteiger partial charge in [0.15, 0.2) is 5.82 Å². The molecule has 1 aromatic heterocycles. The van der Waals surface area contributed by atoms with Gasteiger partial charge in [-0.25, -0.2) is 0 Å². The van der Waals surface area contributed by atoms with Gasteiger partial charge in [-0.05, 0) is 6.92 Å². The summed E-state index contributed by atoms with van der Waals surface area (Å²) in [6.07, 6.45) is -0.808. The van der Waals surface area contributed by atoms with Crippen LogP contribution in [-0.2, 0) is 0 Å². The molecule has 12 heavy (non-hydrogen) atoms. The van der Waals surface area contributed by atoms with E-state index in [1.54, 1.807) is 6.92 Å². The average molecular weight is 173 g/mol. The molecule has 1 rings (SSSR count). The van der Waals surface area contributed by atoms with Crippen LogP contribution in [0.3, 0.4) is 0 Å². The average Bonchev–Trinajstić information content (AvgIpc) is 2.47. The zero-order valence-electron chi connectivity index (χ0n) is 6.69. The van der Waals surface area contributed by atoms with Gasteiger partial charge in [-0.2, -0.15) is 4.98 Å². The number of aromatic nitrogens is 2. The van der Waals surface area contributed by atoms with E-state index in [1.165, 1.54) is 0 Å². The monoisotopic (exact) mass is 173 g/mol. The van der Waals surface area contributed by atoms with Gasteiger partial charge in [0.1, 0.15) is 0 Å². The topological polar surface area (TPSA) is 91.4 Å². The predicted octanol–water partition coefficient (Wildman–Crippen LogP) is -0.857. The summed E-state index contributed by atoms with van der Waals surface area (Å²) < 4.78 is 4.69. The van der Waals surface area contributed by atoms with Crippen molar-refractivity contribution in [3.8, 4) is 0 Å². The van der Waals surface area contributed by atoms with E-state index in [-0.39, 0.29) is 19.2 Å². The van der Waals surface area contributed by atoms with Crippen LogP contribution in [0.15, 0.2) is 4.52 Å². The molecule has 0 saturated heterocycles. The molecule has 0 aliphatic heterocycles. The lowest BCUT2D eigenvalue weighted by molar-refractivity contribution is 0.104. The number of aryl methyl sites for hydroxylation is 1. The smallest absolute Gasteiger partial charge is 0.321 e. The van der Waals surface area contributed by atoms with Gasteiger partial charge in [0.25, 0.3) is 0 Å². The predicted molar refractivity (Wildman–Crippen MR) is 40.6 cm³/mol. The summed E-state index contributed by atoms with van der Waals surface area (Å²) in [5, 5.41) is 23.6. The van der Waals surface area contributed by atoms with Crippen LogP contribution in [0.2, 0.25) is 0 Å². The summed E-state index contributed by atoms with van der Waals surface area (Å²) in [5.41, 5.74) is 0. The van der Waals surface area contributed by atoms with Crippen molar-refractivity contribution >= 4 is 6.01 Å². The molecule has 0 radical (unpaired) electrons. The van der Waals surface area contributed by atoms with Crippen LogP contribution in [0.1, 0.15) is 5.82 Å². The number of aliphatic hydroxyl groups is 2. The van der Waals surface area contributed by atoms with E-state index in [0.717, 1.165) is 0 Å². The van der Waals surface area contributed by atoms with Crippen molar-refractivity contribution in [1.29, 1.82) is 0 Å². The fourth-order valence-electron chi connectivity index (χ4n) is 0.639. The number of aliphatic hydroxyl groups excluding tert-OH is 2. The molecule has 1 unspecified atom stereocenters. The van der Waals surface area contributed by atoms with E-state index >= 15 is 0 Å². The molecule has 0 aliphatic rings. The summed E-state index contributed by atoms with van der Waals surface area (Å²) >= 11 is 0. The van der Waals surface area contributed by atoms with Gasteiger partial charge in [0.05, 0.1) is 12.7 Å². The third-order valence-electron chi connectivity index (χ3n) is 1.23. The zero-order chi connectivity index (χ0) is 8.97. The van der Waals surface area contributed by atoms with Crippen molar-refractivity contribution in [2.45, 2.75) is 13.0 Å². The molecule has 1 atom stereocenters. The Morgan fingerprint density at radius 3 is 2.92 bits per heavy atom. The Morgan fingerprint density at radius 1 is 1.67 bits per heavy atom. The minimum atomic E-state index is -0.808. The van der Waals surface area contributed by atoms with E-state index in [1.807, 2.05) is 0 Å². The fraction of sp³-hybridized carbons (Fsp3) is 0.667. The molecule has 68 valence electrons. The van der Waals surface area contributed by atoms with Crippen LogP contribution in [-0.4, -0.2) is 39.6 Å². The summed E-state index contributed by atoms with van der Waals surface area (Å²) in [6.45, 7) is 1.59. The van der Waals surface area contributed by atoms with Crippen LogP contribution in [0.25, 0.3) is 0 Å². The summed E-state index contributed by atoms with van der Waals surface area (Å²) in [7, 11) is 0. The van der Waals surface area contributed by atoms with Gasteiger partial charge in [-0.1, -0.05) is 5.16 Å². The van der Waals surface area contributed by atoms with Crippen molar-refractivity contribution in [2.24, 2.45) is 0 Å². The molecule has 0 aliphatic carbocycles. The standard InChI is InChI=1S/C6H11N3O3/c1-4-8-6(12-9-4)7-2-5(11)3-10/h5,10-11H,2-3H2,1H3,(H,7,8,9). The van der Waals surface area contributed by atoms with E-state index < -0.39 is 6.10 Å². The zero-order valence-corrected chi connectivity index (χ0v) is 6.69. The lowest BCUT2D eigenvalue weighted by Gasteiger charge is -2.05. The maximum Gasteiger partial charge on any atom is 0.321 e. The third-order valence-corrected chi connectivity index (χ3v) is 1.23. The van der Waals surface area contributed by atoms with E-state index in [9.17, 15) is 0 Å². The lowest BCUT2D eigenvalue weighted by Crippen LogP contribution is -2.23. The highest BCUT2D eigenvalue weighted by molar-refractivity contribution is 5.17. The van der Waals surface area contributed by atoms with Crippen LogP contribution < -0.4 is 5.32 Å². The SMILES string of the molecule is Cc1noc(NCC(O)CO)n1. The second-order valence-electron chi connectivity index (χ2n) is 2.36. The van der Waals surface area contributed by atoms with Gasteiger partial charge in [-0.15, -0.1) is 0 Å². The first-order chi connectivity index (χ1) is 5.72. The van der Waals surface area contributed by atoms with Gasteiger partial charge in [-0.3, -0.25) is 0 Å². The number of anilines is 1. The Kier molecular flexibility index (Phi) is 3.01. The Labute approximate surface area is 69.2 Å². The Hall–Kier alpha value is -1.14. The largest absolute Gasteiger partial charge is 0.394 e. The van der Waals surface area contributed by atoms with Gasteiger partial charge < -0.3 is 20.1 Å². The quantitative estimate of drug-likeness (QED) is 0.549. The van der Waals surface area contributed by atoms with Crippen molar-refractivity contribution in [2.75, 3.05) is 18.5 Å². The molecule has 0 spiro atoms. The van der Waals surface area contributed by atoms with Crippen LogP contribution in [0, 0.1) is 6.92 Å². The molecule has 0 aromatic carbocycles. The van der Waals surface area contributed by atoms with E-state index in [0.29, 0.717) is 5.82 Å². The highest BCUT2D eigenvalue weighted by atomic mass is 16.5. The first-order valence-electron chi connectivity index (χ1n) is 3.55. The Bertz CT molecular complexity index is 238. The van der Waals surface area contributed by atoms with Gasteiger partial charge >= 0.3 is 6.01 Å². The normalized spacial score (nSPS) is 12.9. The fourth-order valence-corrected chi connectivity index (χ4v) is 0.639. The minimum Gasteiger partial charge on any atom is -0.394 e. The van der Waals surface area contributed by atoms with Crippen molar-refractivity contribution in [3.05, 3.63) is 5.82 Å². The molecule has 3 N–H and O–H groups in total. The molecule has 6 nitrogen and oxygen atoms in total. The molecule has 0 fully saturated rings. The Morgan fingerprint density at radius 2 is 2.42 bits per heavy atom. The molecule has 0 saturated carbocycles.